The molecule has 2 aromatic carbocycles. The lowest BCUT2D eigenvalue weighted by atomic mass is 9.95. The van der Waals surface area contributed by atoms with E-state index in [1.165, 1.54) is 28.5 Å². The van der Waals surface area contributed by atoms with E-state index in [2.05, 4.69) is 69.4 Å². The first kappa shape index (κ1) is 20.9. The van der Waals surface area contributed by atoms with Crippen LogP contribution in [0.1, 0.15) is 34.7 Å². The van der Waals surface area contributed by atoms with Crippen LogP contribution in [0, 0.1) is 20.8 Å². The van der Waals surface area contributed by atoms with Gasteiger partial charge in [-0.05, 0) is 49.9 Å². The lowest BCUT2D eigenvalue weighted by molar-refractivity contribution is -0.113. The minimum Gasteiger partial charge on any atom is -0.325 e. The molecular weight excluding hydrogens is 420 g/mol. The Morgan fingerprint density at radius 2 is 2.00 bits per heavy atom. The molecule has 3 heterocycles. The average molecular weight is 449 g/mol. The van der Waals surface area contributed by atoms with Gasteiger partial charge >= 0.3 is 0 Å². The maximum atomic E-state index is 12.5. The van der Waals surface area contributed by atoms with E-state index in [0.29, 0.717) is 5.75 Å². The fraction of sp³-hybridized carbons (Fsp3) is 0.333. The number of fused-ring (bicyclic) bond motifs is 3. The molecule has 2 aromatic rings. The topological polar surface area (TPSA) is 72.0 Å². The van der Waals surface area contributed by atoms with Gasteiger partial charge in [-0.1, -0.05) is 53.7 Å². The van der Waals surface area contributed by atoms with E-state index >= 15 is 0 Å². The number of carbonyl (C=O) groups is 1. The predicted octanol–water partition coefficient (Wildman–Crippen LogP) is 3.59. The number of para-hydroxylation sites is 1. The van der Waals surface area contributed by atoms with Crippen LogP contribution < -0.4 is 16.2 Å². The van der Waals surface area contributed by atoms with Gasteiger partial charge in [0.05, 0.1) is 17.8 Å². The smallest absolute Gasteiger partial charge is 0.234 e. The molecule has 0 aliphatic carbocycles. The molecular formula is C24H28N6OS. The van der Waals surface area contributed by atoms with Crippen LogP contribution >= 0.6 is 11.8 Å². The molecule has 166 valence electrons. The maximum Gasteiger partial charge on any atom is 0.234 e. The zero-order chi connectivity index (χ0) is 22.2. The van der Waals surface area contributed by atoms with E-state index in [-0.39, 0.29) is 24.2 Å². The number of amides is 1. The molecule has 0 radical (unpaired) electrons. The zero-order valence-corrected chi connectivity index (χ0v) is 19.3. The van der Waals surface area contributed by atoms with Crippen LogP contribution in [0.2, 0.25) is 0 Å². The number of nitrogens with zero attached hydrogens (tertiary/aromatic N) is 3. The quantitative estimate of drug-likeness (QED) is 0.664. The van der Waals surface area contributed by atoms with Crippen LogP contribution in [0.5, 0.6) is 0 Å². The van der Waals surface area contributed by atoms with Crippen molar-refractivity contribution in [2.45, 2.75) is 45.4 Å². The van der Waals surface area contributed by atoms with Crippen LogP contribution in [0.15, 0.2) is 60.0 Å². The molecule has 32 heavy (non-hydrogen) atoms. The Balaban J connectivity index is 1.21. The molecule has 3 atom stereocenters. The number of thioether (sulfide) groups is 1. The normalized spacial score (nSPS) is 23.5. The first-order valence-corrected chi connectivity index (χ1v) is 11.9. The summed E-state index contributed by atoms with van der Waals surface area (Å²) < 4.78 is 0. The van der Waals surface area contributed by atoms with Crippen LogP contribution in [-0.4, -0.2) is 38.9 Å². The third-order valence-electron chi connectivity index (χ3n) is 6.27. The molecule has 3 aliphatic heterocycles. The third kappa shape index (κ3) is 3.96. The fourth-order valence-electron chi connectivity index (χ4n) is 4.52. The van der Waals surface area contributed by atoms with Crippen molar-refractivity contribution in [3.05, 3.63) is 77.1 Å². The fourth-order valence-corrected chi connectivity index (χ4v) is 5.29. The van der Waals surface area contributed by atoms with E-state index < -0.39 is 0 Å². The van der Waals surface area contributed by atoms with Crippen molar-refractivity contribution in [3.63, 3.8) is 0 Å². The standard InChI is InChI=1S/C24H28N6OS/c1-15-8-9-16(2)18(12-15)20-13-21-23-26-27-24(29(23)10-11-30(21)28-20)32-14-22(31)25-19-7-5-4-6-17(19)3/h4-12,20-21,23,26,28H,13-14H2,1-3H3,(H,25,31). The second-order valence-corrected chi connectivity index (χ2v) is 9.52. The highest BCUT2D eigenvalue weighted by Gasteiger charge is 2.44. The highest BCUT2D eigenvalue weighted by Crippen LogP contribution is 2.36. The molecule has 3 aliphatic rings. The molecule has 0 bridgehead atoms. The number of hydrogen-bond donors (Lipinski definition) is 3. The average Bonchev–Trinajstić information content (AvgIpc) is 3.39. The van der Waals surface area contributed by atoms with E-state index in [0.717, 1.165) is 22.8 Å². The number of nitrogens with one attached hydrogen (secondary N) is 3. The Kier molecular flexibility index (Phi) is 5.57. The van der Waals surface area contributed by atoms with Crippen molar-refractivity contribution in [2.75, 3.05) is 11.1 Å². The van der Waals surface area contributed by atoms with Gasteiger partial charge in [-0.2, -0.15) is 5.10 Å². The van der Waals surface area contributed by atoms with Crippen LogP contribution in [0.4, 0.5) is 5.69 Å². The molecule has 0 saturated carbocycles. The predicted molar refractivity (Wildman–Crippen MR) is 130 cm³/mol. The number of amidine groups is 1. The molecule has 3 unspecified atom stereocenters. The molecule has 1 fully saturated rings. The molecule has 0 spiro atoms. The number of hydrazine groups is 1. The summed E-state index contributed by atoms with van der Waals surface area (Å²) in [7, 11) is 0. The highest BCUT2D eigenvalue weighted by atomic mass is 32.2. The summed E-state index contributed by atoms with van der Waals surface area (Å²) in [6.45, 7) is 6.30. The molecule has 3 N–H and O–H groups in total. The van der Waals surface area contributed by atoms with Crippen molar-refractivity contribution >= 4 is 28.5 Å². The van der Waals surface area contributed by atoms with Crippen LogP contribution in [0.3, 0.4) is 0 Å². The Morgan fingerprint density at radius 1 is 1.16 bits per heavy atom. The van der Waals surface area contributed by atoms with Crippen molar-refractivity contribution in [2.24, 2.45) is 5.10 Å². The van der Waals surface area contributed by atoms with E-state index in [4.69, 9.17) is 0 Å². The Labute approximate surface area is 192 Å². The van der Waals surface area contributed by atoms with Gasteiger partial charge in [0.15, 0.2) is 5.17 Å². The molecule has 7 nitrogen and oxygen atoms in total. The summed E-state index contributed by atoms with van der Waals surface area (Å²) in [5, 5.41) is 10.5. The van der Waals surface area contributed by atoms with Crippen LogP contribution in [-0.2, 0) is 4.79 Å². The van der Waals surface area contributed by atoms with Gasteiger partial charge in [-0.25, -0.2) is 5.43 Å². The summed E-state index contributed by atoms with van der Waals surface area (Å²) in [5.41, 5.74) is 12.8. The largest absolute Gasteiger partial charge is 0.325 e. The summed E-state index contributed by atoms with van der Waals surface area (Å²) in [4.78, 5) is 14.6. The van der Waals surface area contributed by atoms with Gasteiger partial charge in [0.1, 0.15) is 6.17 Å². The third-order valence-corrected chi connectivity index (χ3v) is 7.23. The van der Waals surface area contributed by atoms with Crippen LogP contribution in [0.25, 0.3) is 0 Å². The Hall–Kier alpha value is -2.97. The maximum absolute atomic E-state index is 12.5. The number of rotatable bonds is 4. The molecule has 8 heteroatoms. The summed E-state index contributed by atoms with van der Waals surface area (Å²) in [5.74, 6) is 0.277. The number of benzene rings is 2. The summed E-state index contributed by atoms with van der Waals surface area (Å²) >= 11 is 1.45. The zero-order valence-electron chi connectivity index (χ0n) is 18.5. The first-order chi connectivity index (χ1) is 15.5. The van der Waals surface area contributed by atoms with Crippen molar-refractivity contribution in [3.8, 4) is 0 Å². The van der Waals surface area contributed by atoms with E-state index in [9.17, 15) is 4.79 Å². The number of hydrazone groups is 1. The SMILES string of the molecule is Cc1ccc(C)c(C2CC3C4NN=C(SCC(=O)Nc5ccccc5C)N4C=CN3N2)c1. The van der Waals surface area contributed by atoms with Crippen molar-refractivity contribution < 1.29 is 4.79 Å². The summed E-state index contributed by atoms with van der Waals surface area (Å²) in [6.07, 6.45) is 5.13. The number of carbonyl (C=O) groups excluding carboxylic acids is 1. The Bertz CT molecular complexity index is 1100. The molecule has 1 saturated heterocycles. The minimum absolute atomic E-state index is 0.0319. The van der Waals surface area contributed by atoms with Crippen molar-refractivity contribution in [1.82, 2.24) is 20.8 Å². The lowest BCUT2D eigenvalue weighted by Gasteiger charge is -2.36. The van der Waals surface area contributed by atoms with Gasteiger partial charge in [0.25, 0.3) is 0 Å². The van der Waals surface area contributed by atoms with Crippen molar-refractivity contribution in [1.29, 1.82) is 0 Å². The minimum atomic E-state index is -0.0319. The van der Waals surface area contributed by atoms with E-state index in [1.807, 2.05) is 37.4 Å². The number of anilines is 1. The van der Waals surface area contributed by atoms with Gasteiger partial charge in [-0.3, -0.25) is 10.2 Å². The van der Waals surface area contributed by atoms with Gasteiger partial charge in [0.2, 0.25) is 5.91 Å². The number of aryl methyl sites for hydroxylation is 3. The molecule has 5 rings (SSSR count). The molecule has 0 aromatic heterocycles. The lowest BCUT2D eigenvalue weighted by Crippen LogP contribution is -2.54. The second-order valence-electron chi connectivity index (χ2n) is 8.58. The van der Waals surface area contributed by atoms with Gasteiger partial charge in [0, 0.05) is 18.1 Å². The molecule has 1 amide bonds. The van der Waals surface area contributed by atoms with E-state index in [1.54, 1.807) is 0 Å². The summed E-state index contributed by atoms with van der Waals surface area (Å²) in [6, 6.07) is 14.9. The highest BCUT2D eigenvalue weighted by molar-refractivity contribution is 8.14. The monoisotopic (exact) mass is 448 g/mol. The second kappa shape index (κ2) is 8.52. The Morgan fingerprint density at radius 3 is 2.84 bits per heavy atom. The van der Waals surface area contributed by atoms with Gasteiger partial charge < -0.3 is 15.2 Å². The number of hydrogen-bond acceptors (Lipinski definition) is 7. The first-order valence-electron chi connectivity index (χ1n) is 10.9. The van der Waals surface area contributed by atoms with Gasteiger partial charge in [-0.15, -0.1) is 0 Å².